The number of pyridine rings is 1. The Bertz CT molecular complexity index is 1330. The topological polar surface area (TPSA) is 91.4 Å². The molecule has 1 fully saturated rings. The predicted molar refractivity (Wildman–Crippen MR) is 153 cm³/mol. The minimum Gasteiger partial charge on any atom is -0.352 e. The third-order valence-electron chi connectivity index (χ3n) is 7.48. The van der Waals surface area contributed by atoms with Crippen LogP contribution in [0.15, 0.2) is 60.8 Å². The molecule has 5 rings (SSSR count). The smallest absolute Gasteiger partial charge is 0.248 e. The first kappa shape index (κ1) is 27.1. The molecule has 0 bridgehead atoms. The average Bonchev–Trinajstić information content (AvgIpc) is 3.55. The molecule has 1 aliphatic heterocycles. The van der Waals surface area contributed by atoms with E-state index in [1.165, 1.54) is 22.5 Å². The van der Waals surface area contributed by atoms with E-state index in [1.54, 1.807) is 11.1 Å². The summed E-state index contributed by atoms with van der Waals surface area (Å²) in [5, 5.41) is 6.10. The maximum atomic E-state index is 14.4. The Hall–Kier alpha value is -3.52. The first-order valence-corrected chi connectivity index (χ1v) is 14.6. The van der Waals surface area contributed by atoms with Crippen molar-refractivity contribution in [1.29, 1.82) is 0 Å². The van der Waals surface area contributed by atoms with Crippen LogP contribution in [0, 0.1) is 11.8 Å². The number of benzene rings is 1. The number of thiophene rings is 1. The van der Waals surface area contributed by atoms with E-state index < -0.39 is 18.1 Å². The number of aromatic nitrogens is 1. The van der Waals surface area contributed by atoms with E-state index in [4.69, 9.17) is 0 Å². The summed E-state index contributed by atoms with van der Waals surface area (Å²) < 4.78 is 0. The van der Waals surface area contributed by atoms with Gasteiger partial charge in [-0.1, -0.05) is 44.2 Å². The number of nitrogens with zero attached hydrogens (tertiary/aromatic N) is 2. The standard InChI is InChI=1S/C31H36N4O3S/c1-18(2)15-24-29(36)34-27(22-16-20-9-5-6-10-21(20)17-22)31(38)35(24)28(30(37)33-19(3)4)26-13-12-25(39-26)23-11-7-8-14-32-23/h5-14,18-19,22,24,27-28H,15-17H2,1-4H3,(H,33,37)(H,34,36). The van der Waals surface area contributed by atoms with Crippen molar-refractivity contribution in [2.24, 2.45) is 11.8 Å². The lowest BCUT2D eigenvalue weighted by Crippen LogP contribution is -2.67. The highest BCUT2D eigenvalue weighted by Crippen LogP contribution is 2.38. The molecule has 3 unspecified atom stereocenters. The summed E-state index contributed by atoms with van der Waals surface area (Å²) in [6.45, 7) is 7.86. The zero-order valence-electron chi connectivity index (χ0n) is 22.9. The molecule has 7 nitrogen and oxygen atoms in total. The molecule has 0 spiro atoms. The lowest BCUT2D eigenvalue weighted by molar-refractivity contribution is -0.157. The molecule has 0 radical (unpaired) electrons. The highest BCUT2D eigenvalue weighted by atomic mass is 32.1. The van der Waals surface area contributed by atoms with E-state index >= 15 is 0 Å². The van der Waals surface area contributed by atoms with Crippen molar-refractivity contribution in [2.45, 2.75) is 71.1 Å². The number of amides is 3. The molecule has 39 heavy (non-hydrogen) atoms. The molecule has 3 heterocycles. The van der Waals surface area contributed by atoms with Crippen molar-refractivity contribution in [3.05, 3.63) is 76.8 Å². The largest absolute Gasteiger partial charge is 0.352 e. The van der Waals surface area contributed by atoms with Gasteiger partial charge in [0.15, 0.2) is 0 Å². The summed E-state index contributed by atoms with van der Waals surface area (Å²) in [4.78, 5) is 49.6. The Labute approximate surface area is 234 Å². The number of fused-ring (bicyclic) bond motifs is 1. The van der Waals surface area contributed by atoms with Crippen LogP contribution in [0.5, 0.6) is 0 Å². The third-order valence-corrected chi connectivity index (χ3v) is 8.64. The Balaban J connectivity index is 1.55. The Morgan fingerprint density at radius 3 is 2.33 bits per heavy atom. The Kier molecular flexibility index (Phi) is 7.84. The van der Waals surface area contributed by atoms with Gasteiger partial charge in [-0.2, -0.15) is 0 Å². The fraction of sp³-hybridized carbons (Fsp3) is 0.419. The van der Waals surface area contributed by atoms with Crippen LogP contribution in [0.25, 0.3) is 10.6 Å². The fourth-order valence-corrected chi connectivity index (χ4v) is 6.86. The van der Waals surface area contributed by atoms with Gasteiger partial charge in [0.2, 0.25) is 17.7 Å². The summed E-state index contributed by atoms with van der Waals surface area (Å²) >= 11 is 1.44. The first-order chi connectivity index (χ1) is 18.7. The molecule has 0 saturated carbocycles. The second-order valence-electron chi connectivity index (χ2n) is 11.3. The van der Waals surface area contributed by atoms with Gasteiger partial charge in [0.05, 0.1) is 10.6 Å². The molecule has 3 atom stereocenters. The van der Waals surface area contributed by atoms with E-state index in [1.807, 2.05) is 70.2 Å². The summed E-state index contributed by atoms with van der Waals surface area (Å²) in [5.74, 6) is -0.542. The molecule has 2 N–H and O–H groups in total. The van der Waals surface area contributed by atoms with Crippen LogP contribution in [0.2, 0.25) is 0 Å². The number of hydrogen-bond acceptors (Lipinski definition) is 5. The predicted octanol–water partition coefficient (Wildman–Crippen LogP) is 4.53. The molecule has 204 valence electrons. The van der Waals surface area contributed by atoms with Gasteiger partial charge in [-0.15, -0.1) is 11.3 Å². The maximum Gasteiger partial charge on any atom is 0.248 e. The molecule has 1 aliphatic carbocycles. The third kappa shape index (κ3) is 5.62. The van der Waals surface area contributed by atoms with Gasteiger partial charge < -0.3 is 15.5 Å². The van der Waals surface area contributed by atoms with Gasteiger partial charge in [0, 0.05) is 17.1 Å². The van der Waals surface area contributed by atoms with Crippen LogP contribution >= 0.6 is 11.3 Å². The van der Waals surface area contributed by atoms with Gasteiger partial charge in [-0.25, -0.2) is 0 Å². The van der Waals surface area contributed by atoms with Gasteiger partial charge in [-0.3, -0.25) is 19.4 Å². The monoisotopic (exact) mass is 544 g/mol. The highest BCUT2D eigenvalue weighted by Gasteiger charge is 2.49. The lowest BCUT2D eigenvalue weighted by Gasteiger charge is -2.44. The van der Waals surface area contributed by atoms with Crippen molar-refractivity contribution in [3.8, 4) is 10.6 Å². The molecular weight excluding hydrogens is 508 g/mol. The molecule has 2 aliphatic rings. The van der Waals surface area contributed by atoms with Crippen LogP contribution in [-0.4, -0.2) is 45.7 Å². The molecule has 3 aromatic rings. The molecule has 3 amide bonds. The van der Waals surface area contributed by atoms with E-state index in [9.17, 15) is 14.4 Å². The van der Waals surface area contributed by atoms with Gasteiger partial charge in [0.1, 0.15) is 18.1 Å². The Morgan fingerprint density at radius 2 is 1.72 bits per heavy atom. The zero-order chi connectivity index (χ0) is 27.7. The summed E-state index contributed by atoms with van der Waals surface area (Å²) in [6.07, 6.45) is 3.65. The Morgan fingerprint density at radius 1 is 1.03 bits per heavy atom. The SMILES string of the molecule is CC(C)CC1C(=O)NC(C2Cc3ccccc3C2)C(=O)N1C(C(=O)NC(C)C)c1ccc(-c2ccccn2)s1. The van der Waals surface area contributed by atoms with Crippen molar-refractivity contribution < 1.29 is 14.4 Å². The fourth-order valence-electron chi connectivity index (χ4n) is 5.78. The minimum atomic E-state index is -0.913. The van der Waals surface area contributed by atoms with Crippen molar-refractivity contribution in [3.63, 3.8) is 0 Å². The average molecular weight is 545 g/mol. The quantitative estimate of drug-likeness (QED) is 0.436. The second-order valence-corrected chi connectivity index (χ2v) is 12.4. The molecule has 8 heteroatoms. The minimum absolute atomic E-state index is 0.0532. The number of carbonyl (C=O) groups excluding carboxylic acids is 3. The van der Waals surface area contributed by atoms with Crippen molar-refractivity contribution in [1.82, 2.24) is 20.5 Å². The van der Waals surface area contributed by atoms with Gasteiger partial charge in [0.25, 0.3) is 0 Å². The second kappa shape index (κ2) is 11.3. The zero-order valence-corrected chi connectivity index (χ0v) is 23.7. The van der Waals surface area contributed by atoms with E-state index in [-0.39, 0.29) is 35.6 Å². The van der Waals surface area contributed by atoms with E-state index in [0.717, 1.165) is 28.3 Å². The normalized spacial score (nSPS) is 20.3. The molecule has 1 saturated heterocycles. The van der Waals surface area contributed by atoms with Crippen molar-refractivity contribution >= 4 is 29.1 Å². The number of piperazine rings is 1. The van der Waals surface area contributed by atoms with Crippen LogP contribution in [-0.2, 0) is 27.2 Å². The van der Waals surface area contributed by atoms with Crippen molar-refractivity contribution in [2.75, 3.05) is 0 Å². The molecule has 1 aromatic carbocycles. The van der Waals surface area contributed by atoms with Crippen LogP contribution in [0.3, 0.4) is 0 Å². The summed E-state index contributed by atoms with van der Waals surface area (Å²) in [5.41, 5.74) is 3.24. The maximum absolute atomic E-state index is 14.4. The van der Waals surface area contributed by atoms with Crippen LogP contribution < -0.4 is 10.6 Å². The van der Waals surface area contributed by atoms with E-state index in [2.05, 4.69) is 27.8 Å². The van der Waals surface area contributed by atoms with Gasteiger partial charge in [-0.05, 0) is 80.3 Å². The molecule has 2 aromatic heterocycles. The number of nitrogens with one attached hydrogen (secondary N) is 2. The van der Waals surface area contributed by atoms with E-state index in [0.29, 0.717) is 6.42 Å². The van der Waals surface area contributed by atoms with Crippen LogP contribution in [0.4, 0.5) is 0 Å². The number of hydrogen-bond donors (Lipinski definition) is 2. The highest BCUT2D eigenvalue weighted by molar-refractivity contribution is 7.15. The first-order valence-electron chi connectivity index (χ1n) is 13.7. The summed E-state index contributed by atoms with van der Waals surface area (Å²) in [6, 6.07) is 15.3. The number of rotatable bonds is 8. The summed E-state index contributed by atoms with van der Waals surface area (Å²) in [7, 11) is 0. The number of carbonyl (C=O) groups is 3. The molecular formula is C31H36N4O3S. The van der Waals surface area contributed by atoms with Gasteiger partial charge >= 0.3 is 0 Å². The lowest BCUT2D eigenvalue weighted by atomic mass is 9.88. The van der Waals surface area contributed by atoms with Crippen LogP contribution in [0.1, 0.15) is 56.2 Å².